The summed E-state index contributed by atoms with van der Waals surface area (Å²) in [6.07, 6.45) is 1.50. The molecule has 20 heavy (non-hydrogen) atoms. The van der Waals surface area contributed by atoms with Gasteiger partial charge < -0.3 is 19.1 Å². The third-order valence-corrected chi connectivity index (χ3v) is 2.92. The van der Waals surface area contributed by atoms with E-state index in [-0.39, 0.29) is 13.0 Å². The minimum atomic E-state index is -0.881. The molecule has 1 aromatic heterocycles. The average molecular weight is 276 g/mol. The Morgan fingerprint density at radius 3 is 2.85 bits per heavy atom. The van der Waals surface area contributed by atoms with Gasteiger partial charge in [-0.05, 0) is 12.1 Å². The van der Waals surface area contributed by atoms with Crippen LogP contribution in [0, 0.1) is 0 Å². The maximum Gasteiger partial charge on any atom is 0.309 e. The molecular formula is C14H16N2O4. The Hall–Kier alpha value is -2.50. The predicted octanol–water partition coefficient (Wildman–Crippen LogP) is 1.63. The molecule has 6 nitrogen and oxygen atoms in total. The van der Waals surface area contributed by atoms with Gasteiger partial charge in [-0.1, -0.05) is 6.07 Å². The summed E-state index contributed by atoms with van der Waals surface area (Å²) < 4.78 is 12.5. The van der Waals surface area contributed by atoms with Crippen LogP contribution in [-0.2, 0) is 24.9 Å². The lowest BCUT2D eigenvalue weighted by atomic mass is 10.3. The lowest BCUT2D eigenvalue weighted by Crippen LogP contribution is -2.09. The lowest BCUT2D eigenvalue weighted by molar-refractivity contribution is -0.136. The van der Waals surface area contributed by atoms with Crippen LogP contribution in [-0.4, -0.2) is 27.7 Å². The maximum absolute atomic E-state index is 10.7. The molecule has 0 aliphatic carbocycles. The highest BCUT2D eigenvalue weighted by molar-refractivity contribution is 5.69. The van der Waals surface area contributed by atoms with Crippen LogP contribution in [0.15, 0.2) is 30.5 Å². The summed E-state index contributed by atoms with van der Waals surface area (Å²) in [7, 11) is 3.37. The lowest BCUT2D eigenvalue weighted by Gasteiger charge is -2.08. The van der Waals surface area contributed by atoms with Crippen LogP contribution in [0.3, 0.4) is 0 Å². The molecule has 0 saturated heterocycles. The zero-order valence-electron chi connectivity index (χ0n) is 11.4. The standard InChI is InChI=1S/C14H16N2O4/c1-16-10(6-14(17)18)8-15-13(16)9-20-12-5-3-4-11(7-12)19-2/h3-5,7-8H,6,9H2,1-2H3,(H,17,18). The summed E-state index contributed by atoms with van der Waals surface area (Å²) in [5.41, 5.74) is 0.641. The molecule has 0 bridgehead atoms. The number of hydrogen-bond donors (Lipinski definition) is 1. The van der Waals surface area contributed by atoms with Crippen LogP contribution in [0.1, 0.15) is 11.5 Å². The third kappa shape index (κ3) is 3.28. The number of benzene rings is 1. The number of hydrogen-bond acceptors (Lipinski definition) is 4. The fourth-order valence-corrected chi connectivity index (χ4v) is 1.78. The second-order valence-electron chi connectivity index (χ2n) is 4.26. The highest BCUT2D eigenvalue weighted by atomic mass is 16.5. The molecule has 1 heterocycles. The van der Waals surface area contributed by atoms with E-state index in [1.54, 1.807) is 31.0 Å². The number of ether oxygens (including phenoxy) is 2. The van der Waals surface area contributed by atoms with Gasteiger partial charge in [0, 0.05) is 25.0 Å². The number of aliphatic carboxylic acids is 1. The van der Waals surface area contributed by atoms with Crippen molar-refractivity contribution < 1.29 is 19.4 Å². The fraction of sp³-hybridized carbons (Fsp3) is 0.286. The minimum Gasteiger partial charge on any atom is -0.497 e. The van der Waals surface area contributed by atoms with Crippen molar-refractivity contribution in [2.45, 2.75) is 13.0 Å². The molecule has 1 N–H and O–H groups in total. The number of methoxy groups -OCH3 is 1. The number of carboxylic acid groups (broad SMARTS) is 1. The summed E-state index contributed by atoms with van der Waals surface area (Å²) in [5, 5.41) is 8.78. The van der Waals surface area contributed by atoms with Crippen molar-refractivity contribution in [1.82, 2.24) is 9.55 Å². The SMILES string of the molecule is COc1cccc(OCc2ncc(CC(=O)O)n2C)c1. The normalized spacial score (nSPS) is 10.3. The Balaban J connectivity index is 2.03. The van der Waals surface area contributed by atoms with Crippen molar-refractivity contribution in [2.75, 3.05) is 7.11 Å². The molecule has 0 aliphatic rings. The first kappa shape index (κ1) is 13.9. The van der Waals surface area contributed by atoms with E-state index in [4.69, 9.17) is 14.6 Å². The van der Waals surface area contributed by atoms with E-state index in [2.05, 4.69) is 4.98 Å². The number of carbonyl (C=O) groups is 1. The van der Waals surface area contributed by atoms with Gasteiger partial charge >= 0.3 is 5.97 Å². The van der Waals surface area contributed by atoms with Gasteiger partial charge in [0.2, 0.25) is 0 Å². The fourth-order valence-electron chi connectivity index (χ4n) is 1.78. The van der Waals surface area contributed by atoms with Crippen LogP contribution in [0.25, 0.3) is 0 Å². The number of nitrogens with zero attached hydrogens (tertiary/aromatic N) is 2. The summed E-state index contributed by atoms with van der Waals surface area (Å²) in [6, 6.07) is 7.27. The number of aromatic nitrogens is 2. The van der Waals surface area contributed by atoms with Crippen molar-refractivity contribution in [3.63, 3.8) is 0 Å². The summed E-state index contributed by atoms with van der Waals surface area (Å²) in [5.74, 6) is 1.18. The molecule has 0 radical (unpaired) electrons. The van der Waals surface area contributed by atoms with Gasteiger partial charge in [0.25, 0.3) is 0 Å². The Bertz CT molecular complexity index is 607. The third-order valence-electron chi connectivity index (χ3n) is 2.92. The van der Waals surface area contributed by atoms with Gasteiger partial charge in [0.1, 0.15) is 23.9 Å². The molecule has 106 valence electrons. The van der Waals surface area contributed by atoms with Gasteiger partial charge in [-0.15, -0.1) is 0 Å². The summed E-state index contributed by atoms with van der Waals surface area (Å²) >= 11 is 0. The monoisotopic (exact) mass is 276 g/mol. The first-order valence-corrected chi connectivity index (χ1v) is 6.08. The van der Waals surface area contributed by atoms with Crippen LogP contribution in [0.2, 0.25) is 0 Å². The van der Waals surface area contributed by atoms with Gasteiger partial charge in [0.15, 0.2) is 0 Å². The molecule has 6 heteroatoms. The van der Waals surface area contributed by atoms with E-state index in [1.807, 2.05) is 18.2 Å². The highest BCUT2D eigenvalue weighted by Gasteiger charge is 2.10. The molecule has 0 amide bonds. The Morgan fingerprint density at radius 2 is 2.15 bits per heavy atom. The van der Waals surface area contributed by atoms with Gasteiger partial charge in [-0.2, -0.15) is 0 Å². The van der Waals surface area contributed by atoms with E-state index >= 15 is 0 Å². The molecule has 0 spiro atoms. The quantitative estimate of drug-likeness (QED) is 0.868. The molecule has 0 saturated carbocycles. The van der Waals surface area contributed by atoms with E-state index in [0.29, 0.717) is 23.0 Å². The average Bonchev–Trinajstić information content (AvgIpc) is 2.77. The van der Waals surface area contributed by atoms with Crippen LogP contribution >= 0.6 is 0 Å². The molecule has 0 atom stereocenters. The van der Waals surface area contributed by atoms with Gasteiger partial charge in [0.05, 0.1) is 13.5 Å². The Morgan fingerprint density at radius 1 is 1.40 bits per heavy atom. The van der Waals surface area contributed by atoms with Gasteiger partial charge in [-0.25, -0.2) is 4.98 Å². The van der Waals surface area contributed by atoms with Crippen molar-refractivity contribution in [3.05, 3.63) is 42.0 Å². The van der Waals surface area contributed by atoms with E-state index in [9.17, 15) is 4.79 Å². The van der Waals surface area contributed by atoms with Crippen molar-refractivity contribution >= 4 is 5.97 Å². The van der Waals surface area contributed by atoms with E-state index in [1.165, 1.54) is 0 Å². The molecule has 2 aromatic rings. The van der Waals surface area contributed by atoms with Gasteiger partial charge in [-0.3, -0.25) is 4.79 Å². The topological polar surface area (TPSA) is 73.6 Å². The summed E-state index contributed by atoms with van der Waals surface area (Å²) in [6.45, 7) is 0.267. The second kappa shape index (κ2) is 6.10. The zero-order chi connectivity index (χ0) is 14.5. The van der Waals surface area contributed by atoms with Crippen LogP contribution < -0.4 is 9.47 Å². The summed E-state index contributed by atoms with van der Waals surface area (Å²) in [4.78, 5) is 14.9. The van der Waals surface area contributed by atoms with Crippen molar-refractivity contribution in [3.8, 4) is 11.5 Å². The first-order chi connectivity index (χ1) is 9.60. The number of carboxylic acids is 1. The Labute approximate surface area is 116 Å². The first-order valence-electron chi connectivity index (χ1n) is 6.08. The van der Waals surface area contributed by atoms with E-state index < -0.39 is 5.97 Å². The molecule has 0 unspecified atom stereocenters. The van der Waals surface area contributed by atoms with Crippen LogP contribution in [0.5, 0.6) is 11.5 Å². The highest BCUT2D eigenvalue weighted by Crippen LogP contribution is 2.19. The minimum absolute atomic E-state index is 0.0529. The molecule has 1 aromatic carbocycles. The molecule has 0 fully saturated rings. The van der Waals surface area contributed by atoms with Crippen LogP contribution in [0.4, 0.5) is 0 Å². The predicted molar refractivity (Wildman–Crippen MR) is 71.9 cm³/mol. The molecular weight excluding hydrogens is 260 g/mol. The number of rotatable bonds is 6. The maximum atomic E-state index is 10.7. The smallest absolute Gasteiger partial charge is 0.309 e. The van der Waals surface area contributed by atoms with Crippen molar-refractivity contribution in [2.24, 2.45) is 7.05 Å². The number of imidazole rings is 1. The largest absolute Gasteiger partial charge is 0.497 e. The zero-order valence-corrected chi connectivity index (χ0v) is 11.4. The van der Waals surface area contributed by atoms with E-state index in [0.717, 1.165) is 0 Å². The van der Waals surface area contributed by atoms with Crippen molar-refractivity contribution in [1.29, 1.82) is 0 Å². The molecule has 0 aliphatic heterocycles. The Kier molecular flexibility index (Phi) is 4.24. The molecule has 2 rings (SSSR count). The second-order valence-corrected chi connectivity index (χ2v) is 4.26.